The molecule has 0 aromatic heterocycles. The second-order valence-electron chi connectivity index (χ2n) is 8.76. The predicted molar refractivity (Wildman–Crippen MR) is 137 cm³/mol. The molecule has 0 spiro atoms. The number of carbonyl (C=O) groups excluding carboxylic acids is 2. The van der Waals surface area contributed by atoms with Gasteiger partial charge in [-0.25, -0.2) is 8.42 Å². The molecule has 0 radical (unpaired) electrons. The van der Waals surface area contributed by atoms with Crippen molar-refractivity contribution in [1.82, 2.24) is 10.2 Å². The standard InChI is InChI=1S/C26H37N3O4S/c1-7-8-16-27-26(31)22(5)28(17-23-14-10-9-12-20(23)3)25(30)18-29(34(6,32)33)24-15-11-13-19(2)21(24)4/h9-15,22H,7-8,16-18H2,1-6H3,(H,27,31). The number of unbranched alkanes of at least 4 members (excludes halogenated alkanes) is 1. The van der Waals surface area contributed by atoms with E-state index in [1.54, 1.807) is 19.1 Å². The monoisotopic (exact) mass is 487 g/mol. The van der Waals surface area contributed by atoms with E-state index in [1.165, 1.54) is 4.90 Å². The molecule has 1 unspecified atom stereocenters. The number of anilines is 1. The van der Waals surface area contributed by atoms with Gasteiger partial charge < -0.3 is 10.2 Å². The Morgan fingerprint density at radius 3 is 2.26 bits per heavy atom. The topological polar surface area (TPSA) is 86.8 Å². The molecule has 1 atom stereocenters. The lowest BCUT2D eigenvalue weighted by atomic mass is 10.1. The summed E-state index contributed by atoms with van der Waals surface area (Å²) < 4.78 is 26.6. The number of carbonyl (C=O) groups is 2. The van der Waals surface area contributed by atoms with E-state index in [9.17, 15) is 18.0 Å². The fraction of sp³-hybridized carbons (Fsp3) is 0.462. The average molecular weight is 488 g/mol. The van der Waals surface area contributed by atoms with Crippen LogP contribution < -0.4 is 9.62 Å². The Hall–Kier alpha value is -2.87. The zero-order valence-corrected chi connectivity index (χ0v) is 21.9. The van der Waals surface area contributed by atoms with Gasteiger partial charge in [0.15, 0.2) is 0 Å². The molecule has 34 heavy (non-hydrogen) atoms. The lowest BCUT2D eigenvalue weighted by molar-refractivity contribution is -0.139. The predicted octanol–water partition coefficient (Wildman–Crippen LogP) is 3.71. The number of hydrogen-bond donors (Lipinski definition) is 1. The lowest BCUT2D eigenvalue weighted by Crippen LogP contribution is -2.51. The van der Waals surface area contributed by atoms with E-state index in [2.05, 4.69) is 5.32 Å². The van der Waals surface area contributed by atoms with Gasteiger partial charge in [0.05, 0.1) is 11.9 Å². The van der Waals surface area contributed by atoms with Crippen LogP contribution in [0.5, 0.6) is 0 Å². The van der Waals surface area contributed by atoms with E-state index in [-0.39, 0.29) is 19.0 Å². The van der Waals surface area contributed by atoms with Gasteiger partial charge in [0.1, 0.15) is 12.6 Å². The van der Waals surface area contributed by atoms with Crippen molar-refractivity contribution in [2.75, 3.05) is 23.7 Å². The van der Waals surface area contributed by atoms with Gasteiger partial charge >= 0.3 is 0 Å². The summed E-state index contributed by atoms with van der Waals surface area (Å²) in [6.07, 6.45) is 2.88. The minimum atomic E-state index is -3.75. The Kier molecular flexibility index (Phi) is 9.67. The van der Waals surface area contributed by atoms with Crippen LogP contribution in [-0.2, 0) is 26.2 Å². The van der Waals surface area contributed by atoms with Gasteiger partial charge in [-0.1, -0.05) is 49.7 Å². The highest BCUT2D eigenvalue weighted by Gasteiger charge is 2.30. The third-order valence-electron chi connectivity index (χ3n) is 6.12. The van der Waals surface area contributed by atoms with Gasteiger partial charge in [0.25, 0.3) is 0 Å². The Labute approximate surface area is 204 Å². The number of nitrogens with zero attached hydrogens (tertiary/aromatic N) is 2. The van der Waals surface area contributed by atoms with Crippen molar-refractivity contribution in [3.8, 4) is 0 Å². The third-order valence-corrected chi connectivity index (χ3v) is 7.25. The Balaban J connectivity index is 2.41. The summed E-state index contributed by atoms with van der Waals surface area (Å²) >= 11 is 0. The highest BCUT2D eigenvalue weighted by atomic mass is 32.2. The molecule has 2 aromatic carbocycles. The van der Waals surface area contributed by atoms with E-state index < -0.39 is 22.0 Å². The van der Waals surface area contributed by atoms with Crippen LogP contribution in [0.3, 0.4) is 0 Å². The molecule has 0 aliphatic carbocycles. The van der Waals surface area contributed by atoms with Crippen molar-refractivity contribution in [3.63, 3.8) is 0 Å². The first-order chi connectivity index (χ1) is 16.0. The Morgan fingerprint density at radius 2 is 1.65 bits per heavy atom. The molecule has 0 saturated carbocycles. The van der Waals surface area contributed by atoms with Crippen LogP contribution >= 0.6 is 0 Å². The molecule has 7 nitrogen and oxygen atoms in total. The molecule has 0 aliphatic heterocycles. The lowest BCUT2D eigenvalue weighted by Gasteiger charge is -2.32. The number of rotatable bonds is 11. The first-order valence-electron chi connectivity index (χ1n) is 11.6. The molecule has 0 aliphatic rings. The maximum Gasteiger partial charge on any atom is 0.244 e. The zero-order valence-electron chi connectivity index (χ0n) is 21.1. The maximum absolute atomic E-state index is 13.6. The minimum Gasteiger partial charge on any atom is -0.354 e. The summed E-state index contributed by atoms with van der Waals surface area (Å²) in [5.41, 5.74) is 4.08. The van der Waals surface area contributed by atoms with Gasteiger partial charge in [0.2, 0.25) is 21.8 Å². The molecule has 2 amide bonds. The number of amides is 2. The summed E-state index contributed by atoms with van der Waals surface area (Å²) in [5.74, 6) is -0.694. The summed E-state index contributed by atoms with van der Waals surface area (Å²) in [5, 5.41) is 2.89. The van der Waals surface area contributed by atoms with Crippen LogP contribution in [0.2, 0.25) is 0 Å². The van der Waals surface area contributed by atoms with E-state index >= 15 is 0 Å². The SMILES string of the molecule is CCCCNC(=O)C(C)N(Cc1ccccc1C)C(=O)CN(c1cccc(C)c1C)S(C)(=O)=O. The molecule has 1 N–H and O–H groups in total. The van der Waals surface area contributed by atoms with E-state index in [1.807, 2.05) is 58.0 Å². The van der Waals surface area contributed by atoms with Crippen LogP contribution in [0.15, 0.2) is 42.5 Å². The molecule has 2 aromatic rings. The smallest absolute Gasteiger partial charge is 0.244 e. The van der Waals surface area contributed by atoms with Gasteiger partial charge in [0, 0.05) is 13.1 Å². The molecule has 2 rings (SSSR count). The fourth-order valence-electron chi connectivity index (χ4n) is 3.69. The van der Waals surface area contributed by atoms with Crippen molar-refractivity contribution in [2.24, 2.45) is 0 Å². The number of nitrogens with one attached hydrogen (secondary N) is 1. The summed E-state index contributed by atoms with van der Waals surface area (Å²) in [6.45, 7) is 9.75. The first-order valence-corrected chi connectivity index (χ1v) is 13.5. The van der Waals surface area contributed by atoms with Gasteiger partial charge in [-0.05, 0) is 62.4 Å². The second-order valence-corrected chi connectivity index (χ2v) is 10.7. The summed E-state index contributed by atoms with van der Waals surface area (Å²) in [4.78, 5) is 27.9. The Morgan fingerprint density at radius 1 is 1.00 bits per heavy atom. The van der Waals surface area contributed by atoms with Crippen LogP contribution in [0.4, 0.5) is 5.69 Å². The second kappa shape index (κ2) is 12.0. The largest absolute Gasteiger partial charge is 0.354 e. The zero-order chi connectivity index (χ0) is 25.5. The van der Waals surface area contributed by atoms with E-state index in [0.29, 0.717) is 12.2 Å². The van der Waals surface area contributed by atoms with Crippen molar-refractivity contribution in [2.45, 2.75) is 60.0 Å². The highest BCUT2D eigenvalue weighted by molar-refractivity contribution is 7.92. The number of aryl methyl sites for hydroxylation is 2. The van der Waals surface area contributed by atoms with Crippen molar-refractivity contribution < 1.29 is 18.0 Å². The molecule has 0 saturated heterocycles. The molecule has 186 valence electrons. The summed E-state index contributed by atoms with van der Waals surface area (Å²) in [7, 11) is -3.75. The molecular weight excluding hydrogens is 450 g/mol. The number of sulfonamides is 1. The third kappa shape index (κ3) is 7.06. The van der Waals surface area contributed by atoms with Crippen LogP contribution in [-0.4, -0.2) is 50.5 Å². The normalized spacial score (nSPS) is 12.2. The quantitative estimate of drug-likeness (QED) is 0.490. The van der Waals surface area contributed by atoms with Gasteiger partial charge in [-0.2, -0.15) is 0 Å². The highest BCUT2D eigenvalue weighted by Crippen LogP contribution is 2.25. The minimum absolute atomic E-state index is 0.207. The van der Waals surface area contributed by atoms with E-state index in [0.717, 1.165) is 45.7 Å². The number of benzene rings is 2. The van der Waals surface area contributed by atoms with E-state index in [4.69, 9.17) is 0 Å². The molecule has 0 fully saturated rings. The number of hydrogen-bond acceptors (Lipinski definition) is 4. The maximum atomic E-state index is 13.6. The first kappa shape index (κ1) is 27.4. The van der Waals surface area contributed by atoms with Crippen molar-refractivity contribution >= 4 is 27.5 Å². The van der Waals surface area contributed by atoms with Crippen LogP contribution in [0.25, 0.3) is 0 Å². The molecule has 0 bridgehead atoms. The van der Waals surface area contributed by atoms with Crippen molar-refractivity contribution in [1.29, 1.82) is 0 Å². The average Bonchev–Trinajstić information content (AvgIpc) is 2.77. The van der Waals surface area contributed by atoms with Gasteiger partial charge in [-0.15, -0.1) is 0 Å². The van der Waals surface area contributed by atoms with Gasteiger partial charge in [-0.3, -0.25) is 13.9 Å². The Bertz CT molecular complexity index is 1110. The van der Waals surface area contributed by atoms with Crippen LogP contribution in [0.1, 0.15) is 48.9 Å². The fourth-order valence-corrected chi connectivity index (χ4v) is 4.59. The van der Waals surface area contributed by atoms with Crippen LogP contribution in [0, 0.1) is 20.8 Å². The summed E-state index contributed by atoms with van der Waals surface area (Å²) in [6, 6.07) is 12.3. The molecule has 0 heterocycles. The van der Waals surface area contributed by atoms with Crippen molar-refractivity contribution in [3.05, 3.63) is 64.7 Å². The molecular formula is C26H37N3O4S. The molecule has 8 heteroatoms.